The topological polar surface area (TPSA) is 53.9 Å². The minimum Gasteiger partial charge on any atom is -1.00 e. The summed E-state index contributed by atoms with van der Waals surface area (Å²) in [6.45, 7) is 8.54. The second kappa shape index (κ2) is 19.8. The van der Waals surface area contributed by atoms with E-state index in [0.29, 0.717) is 13.2 Å². The molecule has 1 saturated heterocycles. The van der Waals surface area contributed by atoms with E-state index in [1.165, 1.54) is 93.9 Å². The van der Waals surface area contributed by atoms with Crippen molar-refractivity contribution in [3.8, 4) is 0 Å². The number of carbonyl (C=O) groups excluding carboxylic acids is 1. The Morgan fingerprint density at radius 1 is 0.909 bits per heavy atom. The smallest absolute Gasteiger partial charge is 0.310 e. The fourth-order valence-electron chi connectivity index (χ4n) is 6.22. The van der Waals surface area contributed by atoms with Gasteiger partial charge in [-0.15, -0.1) is 11.3 Å². The third-order valence-corrected chi connectivity index (χ3v) is 10.1. The van der Waals surface area contributed by atoms with Crippen molar-refractivity contribution < 1.29 is 38.0 Å². The summed E-state index contributed by atoms with van der Waals surface area (Å²) in [6, 6.07) is 10.5. The number of hydrogen-bond donors (Lipinski definition) is 1. The van der Waals surface area contributed by atoms with Gasteiger partial charge in [-0.3, -0.25) is 9.28 Å². The largest absolute Gasteiger partial charge is 1.00 e. The van der Waals surface area contributed by atoms with Gasteiger partial charge in [0.25, 0.3) is 0 Å². The van der Waals surface area contributed by atoms with Crippen LogP contribution < -0.4 is 29.3 Å². The number of anilines is 2. The third-order valence-electron chi connectivity index (χ3n) is 9.12. The molecule has 6 nitrogen and oxygen atoms in total. The minimum absolute atomic E-state index is 0. The number of carbonyl (C=O) groups is 1. The van der Waals surface area contributed by atoms with Crippen molar-refractivity contribution in [2.75, 3.05) is 45.3 Å². The average Bonchev–Trinajstić information content (AvgIpc) is 3.30. The fraction of sp³-hybridized carbons (Fsp3) is 0.667. The van der Waals surface area contributed by atoms with Crippen molar-refractivity contribution in [1.29, 1.82) is 0 Å². The van der Waals surface area contributed by atoms with Gasteiger partial charge in [0.2, 0.25) is 6.73 Å². The van der Waals surface area contributed by atoms with Crippen LogP contribution in [-0.2, 0) is 9.53 Å². The predicted molar refractivity (Wildman–Crippen MR) is 183 cm³/mol. The highest BCUT2D eigenvalue weighted by Crippen LogP contribution is 2.39. The Balaban J connectivity index is 0.00000529. The molecule has 4 rings (SSSR count). The quantitative estimate of drug-likeness (QED) is 0.0800. The Morgan fingerprint density at radius 2 is 1.48 bits per heavy atom. The van der Waals surface area contributed by atoms with Crippen LogP contribution in [0, 0.1) is 6.92 Å². The van der Waals surface area contributed by atoms with Crippen LogP contribution in [0.4, 0.5) is 16.4 Å². The molecule has 0 bridgehead atoms. The first kappa shape index (κ1) is 36.8. The maximum atomic E-state index is 12.5. The number of esters is 1. The molecule has 8 heteroatoms. The SMILES string of the molecule is CCCCCCCCCCCCCCCCCC(=O)OC[N+]1(C)CCN(C2=Nc3ccccc3Nc3sc(C)cc32)CC1.[I-]. The number of quaternary nitrogens is 1. The predicted octanol–water partition coefficient (Wildman–Crippen LogP) is 6.72. The zero-order valence-corrected chi connectivity index (χ0v) is 30.7. The second-order valence-corrected chi connectivity index (χ2v) is 14.3. The van der Waals surface area contributed by atoms with Crippen LogP contribution in [0.2, 0.25) is 0 Å². The molecule has 0 saturated carbocycles. The number of rotatable bonds is 18. The Bertz CT molecular complexity index is 1160. The maximum Gasteiger partial charge on any atom is 0.310 e. The number of ether oxygens (including phenoxy) is 1. The molecule has 0 amide bonds. The molecule has 2 aromatic rings. The molecule has 44 heavy (non-hydrogen) atoms. The molecule has 3 heterocycles. The summed E-state index contributed by atoms with van der Waals surface area (Å²) in [5.41, 5.74) is 3.22. The van der Waals surface area contributed by atoms with Gasteiger partial charge in [0, 0.05) is 11.3 Å². The molecule has 1 aromatic carbocycles. The van der Waals surface area contributed by atoms with Gasteiger partial charge in [0.15, 0.2) is 0 Å². The van der Waals surface area contributed by atoms with Crippen molar-refractivity contribution in [3.63, 3.8) is 0 Å². The number of piperazine rings is 1. The van der Waals surface area contributed by atoms with Gasteiger partial charge in [0.05, 0.1) is 50.2 Å². The maximum absolute atomic E-state index is 12.5. The Kier molecular flexibility index (Phi) is 16.5. The van der Waals surface area contributed by atoms with E-state index in [9.17, 15) is 4.79 Å². The molecule has 246 valence electrons. The monoisotopic (exact) mass is 736 g/mol. The van der Waals surface area contributed by atoms with E-state index in [4.69, 9.17) is 9.73 Å². The van der Waals surface area contributed by atoms with E-state index in [1.807, 2.05) is 6.07 Å². The summed E-state index contributed by atoms with van der Waals surface area (Å²) in [5.74, 6) is 1.01. The number of para-hydroxylation sites is 2. The van der Waals surface area contributed by atoms with E-state index in [-0.39, 0.29) is 29.9 Å². The number of fused-ring (bicyclic) bond motifs is 2. The van der Waals surface area contributed by atoms with Crippen LogP contribution in [0.3, 0.4) is 0 Å². The Hall–Kier alpha value is -1.65. The summed E-state index contributed by atoms with van der Waals surface area (Å²) in [7, 11) is 2.21. The van der Waals surface area contributed by atoms with Gasteiger partial charge in [0.1, 0.15) is 10.8 Å². The van der Waals surface area contributed by atoms with E-state index < -0.39 is 0 Å². The van der Waals surface area contributed by atoms with Gasteiger partial charge in [-0.25, -0.2) is 4.99 Å². The standard InChI is InChI=1S/C36H57N4O2S.HI/c1-4-5-6-7-8-9-10-11-12-13-14-15-16-17-18-23-34(41)42-29-40(3)26-24-39(25-27-40)35-31-28-30(2)43-36(31)38-33-22-20-19-21-32(33)37-35;/h19-22,28,38H,4-18,23-27,29H2,1-3H3;1H/q+1;/p-1. The average molecular weight is 737 g/mol. The van der Waals surface area contributed by atoms with Crippen molar-refractivity contribution in [2.24, 2.45) is 4.99 Å². The summed E-state index contributed by atoms with van der Waals surface area (Å²) in [6.07, 6.45) is 20.6. The summed E-state index contributed by atoms with van der Waals surface area (Å²) >= 11 is 1.78. The molecule has 1 N–H and O–H groups in total. The van der Waals surface area contributed by atoms with E-state index >= 15 is 0 Å². The molecule has 0 radical (unpaired) electrons. The first-order chi connectivity index (χ1) is 21.0. The highest BCUT2D eigenvalue weighted by Gasteiger charge is 2.33. The lowest BCUT2D eigenvalue weighted by Gasteiger charge is -2.42. The molecule has 0 atom stereocenters. The van der Waals surface area contributed by atoms with Gasteiger partial charge in [-0.2, -0.15) is 0 Å². The zero-order valence-electron chi connectivity index (χ0n) is 27.7. The number of nitrogens with one attached hydrogen (secondary N) is 1. The molecule has 0 spiro atoms. The van der Waals surface area contributed by atoms with E-state index in [0.717, 1.165) is 65.7 Å². The first-order valence-electron chi connectivity index (χ1n) is 17.3. The lowest BCUT2D eigenvalue weighted by Crippen LogP contribution is -3.00. The number of halogens is 1. The normalized spacial score (nSPS) is 15.3. The lowest BCUT2D eigenvalue weighted by atomic mass is 10.0. The molecular weight excluding hydrogens is 679 g/mol. The number of thiophene rings is 1. The van der Waals surface area contributed by atoms with Gasteiger partial charge < -0.3 is 38.9 Å². The summed E-state index contributed by atoms with van der Waals surface area (Å²) in [5, 5.41) is 4.77. The molecule has 2 aliphatic rings. The van der Waals surface area contributed by atoms with Crippen molar-refractivity contribution in [1.82, 2.24) is 4.90 Å². The molecule has 0 unspecified atom stereocenters. The minimum atomic E-state index is -0.0364. The van der Waals surface area contributed by atoms with Crippen LogP contribution in [0.1, 0.15) is 120 Å². The Morgan fingerprint density at radius 3 is 2.09 bits per heavy atom. The van der Waals surface area contributed by atoms with Crippen LogP contribution >= 0.6 is 11.3 Å². The number of nitrogens with zero attached hydrogens (tertiary/aromatic N) is 3. The number of hydrogen-bond acceptors (Lipinski definition) is 6. The lowest BCUT2D eigenvalue weighted by molar-refractivity contribution is -0.929. The first-order valence-corrected chi connectivity index (χ1v) is 18.1. The number of amidine groups is 1. The van der Waals surface area contributed by atoms with Crippen LogP contribution in [0.25, 0.3) is 0 Å². The van der Waals surface area contributed by atoms with Gasteiger partial charge in [-0.1, -0.05) is 109 Å². The molecular formula is C36H57IN4O2S. The van der Waals surface area contributed by atoms with E-state index in [2.05, 4.69) is 55.4 Å². The number of likely N-dealkylation sites (N-methyl/N-ethyl adjacent to an activating group) is 1. The zero-order chi connectivity index (χ0) is 30.3. The summed E-state index contributed by atoms with van der Waals surface area (Å²) in [4.78, 5) is 21.3. The second-order valence-electron chi connectivity index (χ2n) is 13.1. The van der Waals surface area contributed by atoms with Crippen molar-refractivity contribution >= 4 is 39.5 Å². The molecule has 1 fully saturated rings. The molecule has 1 aromatic heterocycles. The van der Waals surface area contributed by atoms with Crippen molar-refractivity contribution in [2.45, 2.75) is 117 Å². The van der Waals surface area contributed by atoms with Crippen molar-refractivity contribution in [3.05, 3.63) is 40.8 Å². The third kappa shape index (κ3) is 11.9. The fourth-order valence-corrected chi connectivity index (χ4v) is 7.14. The summed E-state index contributed by atoms with van der Waals surface area (Å²) < 4.78 is 6.55. The number of aryl methyl sites for hydroxylation is 1. The Labute approximate surface area is 288 Å². The van der Waals surface area contributed by atoms with E-state index in [1.54, 1.807) is 11.3 Å². The number of unbranched alkanes of at least 4 members (excludes halogenated alkanes) is 14. The van der Waals surface area contributed by atoms with Crippen LogP contribution in [0.5, 0.6) is 0 Å². The van der Waals surface area contributed by atoms with Crippen LogP contribution in [0.15, 0.2) is 35.3 Å². The van der Waals surface area contributed by atoms with Gasteiger partial charge in [-0.05, 0) is 31.5 Å². The number of benzene rings is 1. The highest BCUT2D eigenvalue weighted by molar-refractivity contribution is 7.16. The highest BCUT2D eigenvalue weighted by atomic mass is 127. The number of aliphatic imine (C=N–C) groups is 1. The molecule has 0 aliphatic carbocycles. The van der Waals surface area contributed by atoms with Crippen LogP contribution in [-0.4, -0.2) is 61.1 Å². The van der Waals surface area contributed by atoms with Gasteiger partial charge >= 0.3 is 5.97 Å². The molecule has 2 aliphatic heterocycles.